The van der Waals surface area contributed by atoms with Crippen molar-refractivity contribution in [2.24, 2.45) is 0 Å². The molecule has 17 nitrogen and oxygen atoms in total. The molecule has 0 saturated carbocycles. The van der Waals surface area contributed by atoms with E-state index in [-0.39, 0.29) is 57.0 Å². The number of unbranched alkanes of at least 4 members (excludes halogenated alkanes) is 2. The van der Waals surface area contributed by atoms with E-state index < -0.39 is 48.8 Å². The average molecular weight is 661 g/mol. The summed E-state index contributed by atoms with van der Waals surface area (Å²) in [5.74, 6) is -3.27. The molecule has 2 rings (SSSR count). The van der Waals surface area contributed by atoms with Gasteiger partial charge in [0.15, 0.2) is 0 Å². The molecule has 47 heavy (non-hydrogen) atoms. The Balaban J connectivity index is 1.69. The Morgan fingerprint density at radius 3 is 2.26 bits per heavy atom. The Morgan fingerprint density at radius 2 is 1.57 bits per heavy atom. The highest BCUT2D eigenvalue weighted by Crippen LogP contribution is 2.14. The van der Waals surface area contributed by atoms with Crippen LogP contribution in [0.1, 0.15) is 37.7 Å². The monoisotopic (exact) mass is 660 g/mol. The molecule has 1 aliphatic rings. The van der Waals surface area contributed by atoms with Crippen LogP contribution in [-0.2, 0) is 49.5 Å². The average Bonchev–Trinajstić information content (AvgIpc) is 3.34. The molecule has 8 amide bonds. The van der Waals surface area contributed by atoms with E-state index in [2.05, 4.69) is 31.9 Å². The first-order valence-corrected chi connectivity index (χ1v) is 15.2. The molecule has 0 radical (unpaired) electrons. The number of likely N-dealkylation sites (tertiary alicyclic amines) is 1. The summed E-state index contributed by atoms with van der Waals surface area (Å²) in [6, 6.07) is 7.34. The van der Waals surface area contributed by atoms with E-state index in [1.54, 1.807) is 37.4 Å². The Bertz CT molecular complexity index is 1250. The molecule has 1 aliphatic heterocycles. The second kappa shape index (κ2) is 21.0. The van der Waals surface area contributed by atoms with Gasteiger partial charge in [-0.05, 0) is 25.5 Å². The third-order valence-corrected chi connectivity index (χ3v) is 6.97. The van der Waals surface area contributed by atoms with Gasteiger partial charge in [0.1, 0.15) is 19.5 Å². The zero-order valence-electron chi connectivity index (χ0n) is 26.7. The maximum atomic E-state index is 12.9. The number of carbonyl (C=O) groups excluding carboxylic acids is 8. The number of nitrogens with zero attached hydrogens (tertiary/aromatic N) is 2. The minimum atomic E-state index is -1.06. The van der Waals surface area contributed by atoms with Crippen LogP contribution >= 0.6 is 0 Å². The van der Waals surface area contributed by atoms with Crippen molar-refractivity contribution in [2.45, 2.75) is 50.6 Å². The van der Waals surface area contributed by atoms with Crippen molar-refractivity contribution in [1.29, 1.82) is 0 Å². The second-order valence-corrected chi connectivity index (χ2v) is 10.8. The molecule has 258 valence electrons. The van der Waals surface area contributed by atoms with Gasteiger partial charge in [0.2, 0.25) is 47.8 Å². The number of ether oxygens (including phenoxy) is 1. The van der Waals surface area contributed by atoms with E-state index in [1.807, 2.05) is 0 Å². The van der Waals surface area contributed by atoms with Crippen LogP contribution in [0.15, 0.2) is 30.3 Å². The second-order valence-electron chi connectivity index (χ2n) is 10.8. The van der Waals surface area contributed by atoms with E-state index in [1.165, 1.54) is 16.8 Å². The van der Waals surface area contributed by atoms with Crippen molar-refractivity contribution in [3.8, 4) is 0 Å². The van der Waals surface area contributed by atoms with Gasteiger partial charge < -0.3 is 41.5 Å². The highest BCUT2D eigenvalue weighted by Gasteiger charge is 2.36. The molecule has 0 bridgehead atoms. The lowest BCUT2D eigenvalue weighted by Crippen LogP contribution is -2.52. The highest BCUT2D eigenvalue weighted by atomic mass is 16.5. The lowest BCUT2D eigenvalue weighted by Gasteiger charge is -2.19. The smallest absolute Gasteiger partial charge is 0.246 e. The first kappa shape index (κ1) is 38.3. The lowest BCUT2D eigenvalue weighted by atomic mass is 10.1. The zero-order valence-corrected chi connectivity index (χ0v) is 26.7. The van der Waals surface area contributed by atoms with Crippen molar-refractivity contribution in [3.05, 3.63) is 35.9 Å². The van der Waals surface area contributed by atoms with Crippen LogP contribution in [0.4, 0.5) is 0 Å². The lowest BCUT2D eigenvalue weighted by molar-refractivity contribution is -0.139. The van der Waals surface area contributed by atoms with Crippen molar-refractivity contribution in [2.75, 3.05) is 53.7 Å². The molecule has 2 unspecified atom stereocenters. The molecule has 1 heterocycles. The number of carbonyl (C=O) groups is 8. The van der Waals surface area contributed by atoms with Crippen molar-refractivity contribution in [1.82, 2.24) is 41.7 Å². The predicted octanol–water partition coefficient (Wildman–Crippen LogP) is -2.89. The molecular formula is C30H44N8O9. The predicted molar refractivity (Wildman–Crippen MR) is 167 cm³/mol. The van der Waals surface area contributed by atoms with Crippen LogP contribution < -0.4 is 31.9 Å². The molecule has 0 aromatic heterocycles. The molecule has 0 aliphatic carbocycles. The van der Waals surface area contributed by atoms with E-state index >= 15 is 0 Å². The van der Waals surface area contributed by atoms with Gasteiger partial charge in [-0.3, -0.25) is 43.3 Å². The number of amides is 8. The number of nitrogens with one attached hydrogen (secondary N) is 6. The summed E-state index contributed by atoms with van der Waals surface area (Å²) in [4.78, 5) is 98.8. The number of benzene rings is 1. The molecule has 2 atom stereocenters. The first-order valence-electron chi connectivity index (χ1n) is 15.2. The Morgan fingerprint density at radius 1 is 0.915 bits per heavy atom. The quantitative estimate of drug-likeness (QED) is 0.0322. The van der Waals surface area contributed by atoms with Crippen molar-refractivity contribution in [3.63, 3.8) is 0 Å². The van der Waals surface area contributed by atoms with Crippen LogP contribution in [0.5, 0.6) is 0 Å². The van der Waals surface area contributed by atoms with Crippen LogP contribution in [0, 0.1) is 0 Å². The summed E-state index contributed by atoms with van der Waals surface area (Å²) in [5.41, 5.74) is 0.748. The van der Waals surface area contributed by atoms with Crippen molar-refractivity contribution < 1.29 is 43.1 Å². The SMILES string of the molecule is CNC1CC(=O)N(CCCCCC(=O)NCC(=O)NCC(=O)NC(Cc2ccccc2)C(=O)NCC(=O)NCOCN(C)C=O)C1=O. The molecule has 6 N–H and O–H groups in total. The largest absolute Gasteiger partial charge is 0.347 e. The summed E-state index contributed by atoms with van der Waals surface area (Å²) in [5, 5.41) is 15.1. The van der Waals surface area contributed by atoms with Gasteiger partial charge in [-0.15, -0.1) is 0 Å². The van der Waals surface area contributed by atoms with Gasteiger partial charge in [0, 0.05) is 26.4 Å². The molecule has 1 aromatic carbocycles. The molecule has 0 spiro atoms. The van der Waals surface area contributed by atoms with E-state index in [0.717, 1.165) is 5.56 Å². The van der Waals surface area contributed by atoms with Crippen LogP contribution in [0.25, 0.3) is 0 Å². The molecule has 1 saturated heterocycles. The topological polar surface area (TPSA) is 224 Å². The van der Waals surface area contributed by atoms with E-state index in [4.69, 9.17) is 4.74 Å². The minimum Gasteiger partial charge on any atom is -0.347 e. The van der Waals surface area contributed by atoms with Gasteiger partial charge in [-0.1, -0.05) is 36.8 Å². The summed E-state index contributed by atoms with van der Waals surface area (Å²) >= 11 is 0. The van der Waals surface area contributed by atoms with Crippen molar-refractivity contribution >= 4 is 47.8 Å². The summed E-state index contributed by atoms with van der Waals surface area (Å²) < 4.78 is 5.09. The van der Waals surface area contributed by atoms with Gasteiger partial charge in [-0.25, -0.2) is 0 Å². The Labute approximate surface area is 272 Å². The number of rotatable bonds is 22. The highest BCUT2D eigenvalue weighted by molar-refractivity contribution is 6.05. The number of hydrogen-bond acceptors (Lipinski definition) is 10. The number of hydrogen-bond donors (Lipinski definition) is 6. The molecule has 1 fully saturated rings. The third kappa shape index (κ3) is 14.8. The fourth-order valence-electron chi connectivity index (χ4n) is 4.39. The fraction of sp³-hybridized carbons (Fsp3) is 0.533. The van der Waals surface area contributed by atoms with Gasteiger partial charge in [0.05, 0.1) is 32.1 Å². The fourth-order valence-corrected chi connectivity index (χ4v) is 4.39. The Hall–Kier alpha value is -4.90. The van der Waals surface area contributed by atoms with E-state index in [0.29, 0.717) is 32.2 Å². The summed E-state index contributed by atoms with van der Waals surface area (Å²) in [7, 11) is 3.13. The normalized spacial score (nSPS) is 14.6. The Kier molecular flexibility index (Phi) is 17.1. The standard InChI is InChI=1S/C30H44N8O9/c1-31-23-14-28(44)38(30(23)46)12-8-4-7-11-24(40)32-15-25(41)33-17-27(43)36-22(13-21-9-5-3-6-10-21)29(45)34-16-26(42)35-18-47-20-37(2)19-39/h3,5-6,9-10,19,22-23,31H,4,7-8,11-18,20H2,1-2H3,(H,32,40)(H,33,41)(H,34,45)(H,35,42)(H,36,43). The molecule has 17 heteroatoms. The van der Waals surface area contributed by atoms with E-state index in [9.17, 15) is 38.4 Å². The maximum absolute atomic E-state index is 12.9. The minimum absolute atomic E-state index is 0.0307. The van der Waals surface area contributed by atoms with Crippen LogP contribution in [-0.4, -0.2) is 123 Å². The summed E-state index contributed by atoms with van der Waals surface area (Å²) in [6.07, 6.45) is 2.64. The third-order valence-electron chi connectivity index (χ3n) is 6.97. The summed E-state index contributed by atoms with van der Waals surface area (Å²) in [6.45, 7) is -1.12. The van der Waals surface area contributed by atoms with Gasteiger partial charge >= 0.3 is 0 Å². The van der Waals surface area contributed by atoms with Gasteiger partial charge in [0.25, 0.3) is 0 Å². The molecule has 1 aromatic rings. The molecular weight excluding hydrogens is 616 g/mol. The zero-order chi connectivity index (χ0) is 34.6. The van der Waals surface area contributed by atoms with Gasteiger partial charge in [-0.2, -0.15) is 0 Å². The maximum Gasteiger partial charge on any atom is 0.246 e. The van der Waals surface area contributed by atoms with Crippen LogP contribution in [0.2, 0.25) is 0 Å². The number of likely N-dealkylation sites (N-methyl/N-ethyl adjacent to an activating group) is 1. The number of imide groups is 1. The van der Waals surface area contributed by atoms with Crippen LogP contribution in [0.3, 0.4) is 0 Å². The first-order chi connectivity index (χ1) is 22.5.